The average Bonchev–Trinajstić information content (AvgIpc) is 2.44. The maximum atomic E-state index is 11.6. The van der Waals surface area contributed by atoms with Crippen molar-refractivity contribution >= 4 is 11.9 Å². The van der Waals surface area contributed by atoms with Gasteiger partial charge in [-0.2, -0.15) is 0 Å². The Bertz CT molecular complexity index is 532. The predicted molar refractivity (Wildman–Crippen MR) is 86.7 cm³/mol. The predicted octanol–water partition coefficient (Wildman–Crippen LogP) is 4.40. The van der Waals surface area contributed by atoms with Gasteiger partial charge in [-0.25, -0.2) is 9.59 Å². The second-order valence-corrected chi connectivity index (χ2v) is 6.13. The number of hydrogen-bond acceptors (Lipinski definition) is 2. The summed E-state index contributed by atoms with van der Waals surface area (Å²) in [6.45, 7) is 6.34. The van der Waals surface area contributed by atoms with E-state index in [1.165, 1.54) is 6.07 Å². The summed E-state index contributed by atoms with van der Waals surface area (Å²) >= 11 is 0. The van der Waals surface area contributed by atoms with Crippen molar-refractivity contribution in [2.75, 3.05) is 0 Å². The number of unbranched alkanes of at least 4 members (excludes halogenated alkanes) is 1. The Morgan fingerprint density at radius 2 is 1.73 bits per heavy atom. The molecule has 2 N–H and O–H groups in total. The topological polar surface area (TPSA) is 74.6 Å². The molecule has 0 amide bonds. The Balaban J connectivity index is 3.25. The van der Waals surface area contributed by atoms with Gasteiger partial charge in [0.1, 0.15) is 0 Å². The SMILES string of the molecule is CCCCc1ccc(C(=O)O)c(C(=O)O)c1CCCC(C)C. The molecule has 0 heterocycles. The number of carboxylic acids is 2. The zero-order chi connectivity index (χ0) is 16.7. The first-order chi connectivity index (χ1) is 10.4. The third-order valence-electron chi connectivity index (χ3n) is 3.86. The van der Waals surface area contributed by atoms with Gasteiger partial charge in [-0.15, -0.1) is 0 Å². The Morgan fingerprint density at radius 3 is 2.23 bits per heavy atom. The van der Waals surface area contributed by atoms with E-state index in [9.17, 15) is 19.8 Å². The van der Waals surface area contributed by atoms with Crippen LogP contribution in [0.2, 0.25) is 0 Å². The smallest absolute Gasteiger partial charge is 0.336 e. The molecule has 0 aliphatic rings. The van der Waals surface area contributed by atoms with Gasteiger partial charge in [-0.3, -0.25) is 0 Å². The van der Waals surface area contributed by atoms with Crippen LogP contribution in [0.5, 0.6) is 0 Å². The second-order valence-electron chi connectivity index (χ2n) is 6.13. The van der Waals surface area contributed by atoms with Crippen molar-refractivity contribution < 1.29 is 19.8 Å². The van der Waals surface area contributed by atoms with Crippen LogP contribution in [0.3, 0.4) is 0 Å². The van der Waals surface area contributed by atoms with Crippen molar-refractivity contribution in [3.05, 3.63) is 34.4 Å². The number of benzene rings is 1. The molecule has 0 bridgehead atoms. The molecule has 0 saturated heterocycles. The molecule has 0 unspecified atom stereocenters. The van der Waals surface area contributed by atoms with Crippen LogP contribution in [0.1, 0.15) is 78.3 Å². The first-order valence-corrected chi connectivity index (χ1v) is 7.99. The van der Waals surface area contributed by atoms with Crippen LogP contribution in [0.25, 0.3) is 0 Å². The van der Waals surface area contributed by atoms with Crippen LogP contribution in [-0.2, 0) is 12.8 Å². The average molecular weight is 306 g/mol. The number of aromatic carboxylic acids is 2. The molecule has 122 valence electrons. The van der Waals surface area contributed by atoms with E-state index in [0.717, 1.165) is 37.7 Å². The third kappa shape index (κ3) is 4.86. The van der Waals surface area contributed by atoms with Gasteiger partial charge in [0.2, 0.25) is 0 Å². The molecule has 0 atom stereocenters. The minimum Gasteiger partial charge on any atom is -0.478 e. The highest BCUT2D eigenvalue weighted by Gasteiger charge is 2.22. The molecule has 0 aromatic heterocycles. The van der Waals surface area contributed by atoms with Crippen LogP contribution < -0.4 is 0 Å². The first kappa shape index (κ1) is 18.2. The van der Waals surface area contributed by atoms with Gasteiger partial charge in [0, 0.05) is 0 Å². The zero-order valence-electron chi connectivity index (χ0n) is 13.7. The van der Waals surface area contributed by atoms with Crippen molar-refractivity contribution in [2.24, 2.45) is 5.92 Å². The van der Waals surface area contributed by atoms with Gasteiger partial charge in [-0.1, -0.05) is 39.7 Å². The molecule has 1 aromatic carbocycles. The van der Waals surface area contributed by atoms with Crippen LogP contribution in [0.4, 0.5) is 0 Å². The number of hydrogen-bond donors (Lipinski definition) is 2. The summed E-state index contributed by atoms with van der Waals surface area (Å²) in [6, 6.07) is 3.22. The lowest BCUT2D eigenvalue weighted by atomic mass is 9.89. The molecule has 0 radical (unpaired) electrons. The summed E-state index contributed by atoms with van der Waals surface area (Å²) in [7, 11) is 0. The molecular weight excluding hydrogens is 280 g/mol. The largest absolute Gasteiger partial charge is 0.478 e. The summed E-state index contributed by atoms with van der Waals surface area (Å²) in [5.74, 6) is -1.77. The van der Waals surface area contributed by atoms with E-state index < -0.39 is 11.9 Å². The van der Waals surface area contributed by atoms with Crippen LogP contribution in [-0.4, -0.2) is 22.2 Å². The third-order valence-corrected chi connectivity index (χ3v) is 3.86. The zero-order valence-corrected chi connectivity index (χ0v) is 13.7. The Morgan fingerprint density at radius 1 is 1.05 bits per heavy atom. The van der Waals surface area contributed by atoms with Crippen molar-refractivity contribution in [2.45, 2.75) is 59.3 Å². The highest BCUT2D eigenvalue weighted by Crippen LogP contribution is 2.24. The molecule has 0 aliphatic carbocycles. The summed E-state index contributed by atoms with van der Waals surface area (Å²) in [4.78, 5) is 22.9. The molecular formula is C18H26O4. The molecule has 0 fully saturated rings. The van der Waals surface area contributed by atoms with Gasteiger partial charge in [-0.05, 0) is 48.8 Å². The minimum absolute atomic E-state index is 0.0233. The summed E-state index contributed by atoms with van der Waals surface area (Å²) in [5, 5.41) is 18.7. The maximum Gasteiger partial charge on any atom is 0.336 e. The van der Waals surface area contributed by atoms with E-state index in [2.05, 4.69) is 20.8 Å². The van der Waals surface area contributed by atoms with Crippen molar-refractivity contribution in [3.63, 3.8) is 0 Å². The Labute approximate surface area is 132 Å². The molecule has 1 aromatic rings. The van der Waals surface area contributed by atoms with Crippen molar-refractivity contribution in [3.8, 4) is 0 Å². The monoisotopic (exact) mass is 306 g/mol. The molecule has 0 aliphatic heterocycles. The normalized spacial score (nSPS) is 10.9. The Hall–Kier alpha value is -1.84. The molecule has 0 saturated carbocycles. The lowest BCUT2D eigenvalue weighted by molar-refractivity contribution is 0.0650. The van der Waals surface area contributed by atoms with E-state index in [1.807, 2.05) is 0 Å². The molecule has 4 nitrogen and oxygen atoms in total. The molecule has 0 spiro atoms. The maximum absolute atomic E-state index is 11.6. The van der Waals surface area contributed by atoms with Gasteiger partial charge >= 0.3 is 11.9 Å². The van der Waals surface area contributed by atoms with Crippen LogP contribution in [0, 0.1) is 5.92 Å². The summed E-state index contributed by atoms with van der Waals surface area (Å²) < 4.78 is 0. The first-order valence-electron chi connectivity index (χ1n) is 7.99. The number of carbonyl (C=O) groups is 2. The summed E-state index contributed by atoms with van der Waals surface area (Å²) in [5.41, 5.74) is 1.56. The van der Waals surface area contributed by atoms with E-state index >= 15 is 0 Å². The minimum atomic E-state index is -1.18. The van der Waals surface area contributed by atoms with E-state index in [-0.39, 0.29) is 11.1 Å². The van der Waals surface area contributed by atoms with Gasteiger partial charge < -0.3 is 10.2 Å². The fourth-order valence-corrected chi connectivity index (χ4v) is 2.69. The quantitative estimate of drug-likeness (QED) is 0.709. The van der Waals surface area contributed by atoms with Crippen molar-refractivity contribution in [1.82, 2.24) is 0 Å². The fourth-order valence-electron chi connectivity index (χ4n) is 2.69. The number of carboxylic acid groups (broad SMARTS) is 2. The van der Waals surface area contributed by atoms with Crippen LogP contribution in [0.15, 0.2) is 12.1 Å². The van der Waals surface area contributed by atoms with E-state index in [0.29, 0.717) is 17.9 Å². The van der Waals surface area contributed by atoms with Gasteiger partial charge in [0.15, 0.2) is 0 Å². The molecule has 22 heavy (non-hydrogen) atoms. The fraction of sp³-hybridized carbons (Fsp3) is 0.556. The standard InChI is InChI=1S/C18H26O4/c1-4-5-8-13-10-11-15(17(19)20)16(18(21)22)14(13)9-6-7-12(2)3/h10-12H,4-9H2,1-3H3,(H,19,20)(H,21,22). The van der Waals surface area contributed by atoms with Gasteiger partial charge in [0.25, 0.3) is 0 Å². The van der Waals surface area contributed by atoms with Crippen LogP contribution >= 0.6 is 0 Å². The number of aryl methyl sites for hydroxylation is 1. The van der Waals surface area contributed by atoms with E-state index in [4.69, 9.17) is 0 Å². The summed E-state index contributed by atoms with van der Waals surface area (Å²) in [6.07, 6.45) is 5.30. The lowest BCUT2D eigenvalue weighted by Gasteiger charge is -2.15. The van der Waals surface area contributed by atoms with E-state index in [1.54, 1.807) is 6.07 Å². The Kier molecular flexibility index (Phi) is 7.09. The highest BCUT2D eigenvalue weighted by molar-refractivity contribution is 6.03. The molecule has 4 heteroatoms. The highest BCUT2D eigenvalue weighted by atomic mass is 16.4. The van der Waals surface area contributed by atoms with Crippen molar-refractivity contribution in [1.29, 1.82) is 0 Å². The van der Waals surface area contributed by atoms with Gasteiger partial charge in [0.05, 0.1) is 11.1 Å². The second kappa shape index (κ2) is 8.57. The number of rotatable bonds is 9. The molecule has 1 rings (SSSR count). The lowest BCUT2D eigenvalue weighted by Crippen LogP contribution is -2.14.